The summed E-state index contributed by atoms with van der Waals surface area (Å²) < 4.78 is 7.20. The quantitative estimate of drug-likeness (QED) is 0.439. The minimum Gasteiger partial charge on any atom is -0.378 e. The van der Waals surface area contributed by atoms with Gasteiger partial charge in [0.05, 0.1) is 36.4 Å². The molecule has 1 aliphatic heterocycles. The Balaban J connectivity index is 1.26. The second-order valence-corrected chi connectivity index (χ2v) is 8.34. The Kier molecular flexibility index (Phi) is 6.40. The molecule has 3 heterocycles. The molecule has 1 fully saturated rings. The highest BCUT2D eigenvalue weighted by atomic mass is 16.5. The summed E-state index contributed by atoms with van der Waals surface area (Å²) in [6.45, 7) is 6.87. The fraction of sp³-hybridized carbons (Fsp3) is 0.231. The molecule has 1 amide bonds. The van der Waals surface area contributed by atoms with Gasteiger partial charge < -0.3 is 20.3 Å². The number of ether oxygens (including phenoxy) is 1. The first-order valence-electron chi connectivity index (χ1n) is 11.5. The predicted molar refractivity (Wildman–Crippen MR) is 136 cm³/mol. The smallest absolute Gasteiger partial charge is 0.259 e. The van der Waals surface area contributed by atoms with E-state index in [0.717, 1.165) is 41.7 Å². The SMILES string of the molecule is Cc1cc(N2CCOCC2)nc(Nc2ccc(NC(=O)c3cnn(-c4ccccc4)c3C)cc2)n1. The number of para-hydroxylation sites is 1. The molecule has 5 rings (SSSR count). The minimum atomic E-state index is -0.206. The van der Waals surface area contributed by atoms with Crippen LogP contribution in [-0.2, 0) is 4.74 Å². The van der Waals surface area contributed by atoms with Crippen molar-refractivity contribution in [2.24, 2.45) is 0 Å². The lowest BCUT2D eigenvalue weighted by Crippen LogP contribution is -2.36. The molecule has 2 aromatic carbocycles. The number of rotatable bonds is 6. The number of carbonyl (C=O) groups excluding carboxylic acids is 1. The molecule has 9 heteroatoms. The molecule has 0 aliphatic carbocycles. The lowest BCUT2D eigenvalue weighted by Gasteiger charge is -2.28. The van der Waals surface area contributed by atoms with Crippen LogP contribution in [0.4, 0.5) is 23.1 Å². The van der Waals surface area contributed by atoms with Crippen LogP contribution in [0.15, 0.2) is 66.9 Å². The largest absolute Gasteiger partial charge is 0.378 e. The van der Waals surface area contributed by atoms with Crippen LogP contribution in [-0.4, -0.2) is 52.0 Å². The molecule has 9 nitrogen and oxygen atoms in total. The van der Waals surface area contributed by atoms with E-state index in [4.69, 9.17) is 4.74 Å². The van der Waals surface area contributed by atoms with Crippen LogP contribution >= 0.6 is 0 Å². The van der Waals surface area contributed by atoms with Crippen molar-refractivity contribution in [2.45, 2.75) is 13.8 Å². The first-order valence-corrected chi connectivity index (χ1v) is 11.5. The minimum absolute atomic E-state index is 0.206. The van der Waals surface area contributed by atoms with E-state index in [0.29, 0.717) is 30.4 Å². The van der Waals surface area contributed by atoms with Gasteiger partial charge in [-0.25, -0.2) is 9.67 Å². The Morgan fingerprint density at radius 2 is 1.66 bits per heavy atom. The molecule has 2 aromatic heterocycles. The lowest BCUT2D eigenvalue weighted by molar-refractivity contribution is 0.102. The Morgan fingerprint density at radius 3 is 2.40 bits per heavy atom. The summed E-state index contributed by atoms with van der Waals surface area (Å²) in [5.41, 5.74) is 4.62. The number of hydrogen-bond donors (Lipinski definition) is 2. The number of anilines is 4. The van der Waals surface area contributed by atoms with Gasteiger partial charge in [0, 0.05) is 36.2 Å². The van der Waals surface area contributed by atoms with Crippen molar-refractivity contribution in [3.05, 3.63) is 83.8 Å². The van der Waals surface area contributed by atoms with Crippen LogP contribution in [0.1, 0.15) is 21.7 Å². The number of aryl methyl sites for hydroxylation is 1. The number of aromatic nitrogens is 4. The van der Waals surface area contributed by atoms with Crippen LogP contribution in [0.25, 0.3) is 5.69 Å². The van der Waals surface area contributed by atoms with Gasteiger partial charge in [-0.2, -0.15) is 10.1 Å². The number of benzene rings is 2. The van der Waals surface area contributed by atoms with E-state index in [-0.39, 0.29) is 5.91 Å². The highest BCUT2D eigenvalue weighted by Crippen LogP contribution is 2.22. The lowest BCUT2D eigenvalue weighted by atomic mass is 10.2. The van der Waals surface area contributed by atoms with Crippen molar-refractivity contribution in [1.29, 1.82) is 0 Å². The topological polar surface area (TPSA) is 97.2 Å². The van der Waals surface area contributed by atoms with E-state index in [1.54, 1.807) is 10.9 Å². The molecule has 4 aromatic rings. The highest BCUT2D eigenvalue weighted by molar-refractivity contribution is 6.05. The third-order valence-electron chi connectivity index (χ3n) is 5.83. The molecule has 178 valence electrons. The standard InChI is InChI=1S/C26H27N7O2/c1-18-16-24(32-12-14-35-15-13-32)31-26(28-18)30-21-10-8-20(9-11-21)29-25(34)23-17-27-33(19(23)2)22-6-4-3-5-7-22/h3-11,16-17H,12-15H2,1-2H3,(H,29,34)(H,28,30,31). The maximum absolute atomic E-state index is 12.9. The van der Waals surface area contributed by atoms with Gasteiger partial charge in [-0.15, -0.1) is 0 Å². The predicted octanol–water partition coefficient (Wildman–Crippen LogP) is 4.11. The fourth-order valence-electron chi connectivity index (χ4n) is 3.99. The zero-order valence-electron chi connectivity index (χ0n) is 19.7. The average Bonchev–Trinajstić information content (AvgIpc) is 3.27. The molecular weight excluding hydrogens is 442 g/mol. The molecule has 1 saturated heterocycles. The average molecular weight is 470 g/mol. The molecule has 0 bridgehead atoms. The highest BCUT2D eigenvalue weighted by Gasteiger charge is 2.16. The van der Waals surface area contributed by atoms with E-state index in [2.05, 4.69) is 30.6 Å². The van der Waals surface area contributed by atoms with Crippen molar-refractivity contribution >= 4 is 29.0 Å². The molecule has 0 spiro atoms. The summed E-state index contributed by atoms with van der Waals surface area (Å²) in [4.78, 5) is 24.2. The Hall–Kier alpha value is -4.24. The molecule has 35 heavy (non-hydrogen) atoms. The van der Waals surface area contributed by atoms with Crippen LogP contribution in [0, 0.1) is 13.8 Å². The molecule has 0 unspecified atom stereocenters. The number of morpholine rings is 1. The number of nitrogens with one attached hydrogen (secondary N) is 2. The van der Waals surface area contributed by atoms with E-state index in [1.165, 1.54) is 0 Å². The van der Waals surface area contributed by atoms with E-state index < -0.39 is 0 Å². The van der Waals surface area contributed by atoms with Crippen LogP contribution in [0.5, 0.6) is 0 Å². The summed E-state index contributed by atoms with van der Waals surface area (Å²) in [6, 6.07) is 19.2. The van der Waals surface area contributed by atoms with Gasteiger partial charge >= 0.3 is 0 Å². The van der Waals surface area contributed by atoms with Gasteiger partial charge in [-0.05, 0) is 50.2 Å². The van der Waals surface area contributed by atoms with Gasteiger partial charge in [0.2, 0.25) is 5.95 Å². The van der Waals surface area contributed by atoms with Crippen molar-refractivity contribution in [1.82, 2.24) is 19.7 Å². The summed E-state index contributed by atoms with van der Waals surface area (Å²) in [6.07, 6.45) is 1.59. The van der Waals surface area contributed by atoms with Gasteiger partial charge in [0.15, 0.2) is 0 Å². The number of nitrogens with zero attached hydrogens (tertiary/aromatic N) is 5. The Labute approximate surface area is 203 Å². The zero-order valence-corrected chi connectivity index (χ0v) is 19.7. The maximum Gasteiger partial charge on any atom is 0.259 e. The summed E-state index contributed by atoms with van der Waals surface area (Å²) >= 11 is 0. The number of amides is 1. The van der Waals surface area contributed by atoms with Crippen molar-refractivity contribution in [2.75, 3.05) is 41.8 Å². The molecular formula is C26H27N7O2. The monoisotopic (exact) mass is 469 g/mol. The van der Waals surface area contributed by atoms with Gasteiger partial charge in [0.25, 0.3) is 5.91 Å². The zero-order chi connectivity index (χ0) is 24.2. The van der Waals surface area contributed by atoms with E-state index in [9.17, 15) is 4.79 Å². The van der Waals surface area contributed by atoms with E-state index in [1.807, 2.05) is 74.5 Å². The molecule has 0 saturated carbocycles. The maximum atomic E-state index is 12.9. The molecule has 2 N–H and O–H groups in total. The number of hydrogen-bond acceptors (Lipinski definition) is 7. The first-order chi connectivity index (χ1) is 17.1. The normalized spacial score (nSPS) is 13.5. The van der Waals surface area contributed by atoms with Crippen LogP contribution in [0.3, 0.4) is 0 Å². The molecule has 0 radical (unpaired) electrons. The van der Waals surface area contributed by atoms with Gasteiger partial charge in [-0.3, -0.25) is 4.79 Å². The summed E-state index contributed by atoms with van der Waals surface area (Å²) in [7, 11) is 0. The van der Waals surface area contributed by atoms with Crippen LogP contribution < -0.4 is 15.5 Å². The van der Waals surface area contributed by atoms with Gasteiger partial charge in [0.1, 0.15) is 5.82 Å². The van der Waals surface area contributed by atoms with Gasteiger partial charge in [-0.1, -0.05) is 18.2 Å². The summed E-state index contributed by atoms with van der Waals surface area (Å²) in [5, 5.41) is 10.6. The Morgan fingerprint density at radius 1 is 0.943 bits per heavy atom. The third-order valence-corrected chi connectivity index (χ3v) is 5.83. The first kappa shape index (κ1) is 22.5. The molecule has 0 atom stereocenters. The van der Waals surface area contributed by atoms with Crippen molar-refractivity contribution in [3.8, 4) is 5.69 Å². The fourth-order valence-corrected chi connectivity index (χ4v) is 3.99. The third kappa shape index (κ3) is 5.15. The second-order valence-electron chi connectivity index (χ2n) is 8.34. The number of carbonyl (C=O) groups is 1. The van der Waals surface area contributed by atoms with Crippen molar-refractivity contribution in [3.63, 3.8) is 0 Å². The second kappa shape index (κ2) is 9.94. The Bertz CT molecular complexity index is 1310. The molecule has 1 aliphatic rings. The summed E-state index contributed by atoms with van der Waals surface area (Å²) in [5.74, 6) is 1.22. The van der Waals surface area contributed by atoms with Crippen molar-refractivity contribution < 1.29 is 9.53 Å². The van der Waals surface area contributed by atoms with E-state index >= 15 is 0 Å². The van der Waals surface area contributed by atoms with Crippen LogP contribution in [0.2, 0.25) is 0 Å².